The number of esters is 2. The highest BCUT2D eigenvalue weighted by Gasteiger charge is 2.21. The van der Waals surface area contributed by atoms with E-state index < -0.39 is 5.56 Å². The summed E-state index contributed by atoms with van der Waals surface area (Å²) in [6.07, 6.45) is 14.6. The molecule has 5 nitrogen and oxygen atoms in total. The third kappa shape index (κ3) is 18.0. The van der Waals surface area contributed by atoms with E-state index in [0.29, 0.717) is 12.8 Å². The maximum Gasteiger partial charge on any atom is 0.309 e. The van der Waals surface area contributed by atoms with Gasteiger partial charge in [0, 0.05) is 6.42 Å². The van der Waals surface area contributed by atoms with Gasteiger partial charge in [0.15, 0.2) is 0 Å². The number of halogens is 1. The molecular weight excluding hydrogens is 402 g/mol. The van der Waals surface area contributed by atoms with E-state index in [-0.39, 0.29) is 24.5 Å². The summed E-state index contributed by atoms with van der Waals surface area (Å²) in [7, 11) is 3.92. The van der Waals surface area contributed by atoms with Crippen molar-refractivity contribution in [2.45, 2.75) is 109 Å². The molecule has 0 saturated heterocycles. The zero-order valence-corrected chi connectivity index (χ0v) is 20.7. The topological polar surface area (TPSA) is 55.8 Å². The number of rotatable bonds is 20. The molecule has 0 aliphatic heterocycles. The van der Waals surface area contributed by atoms with Crippen molar-refractivity contribution in [1.82, 2.24) is 4.90 Å². The molecule has 0 saturated carbocycles. The van der Waals surface area contributed by atoms with Crippen LogP contribution in [0, 0.1) is 5.92 Å². The summed E-state index contributed by atoms with van der Waals surface area (Å²) in [5, 5.41) is 0. The van der Waals surface area contributed by atoms with Gasteiger partial charge in [0.2, 0.25) is 5.56 Å². The van der Waals surface area contributed by atoms with E-state index in [0.717, 1.165) is 45.1 Å². The van der Waals surface area contributed by atoms with Crippen molar-refractivity contribution in [1.29, 1.82) is 0 Å². The van der Waals surface area contributed by atoms with Gasteiger partial charge < -0.3 is 14.4 Å². The molecule has 0 heterocycles. The quantitative estimate of drug-likeness (QED) is 0.124. The van der Waals surface area contributed by atoms with Gasteiger partial charge in [-0.3, -0.25) is 9.59 Å². The van der Waals surface area contributed by atoms with Crippen LogP contribution in [0.4, 0.5) is 0 Å². The highest BCUT2D eigenvalue weighted by atomic mass is 35.5. The molecule has 178 valence electrons. The van der Waals surface area contributed by atoms with E-state index in [1.54, 1.807) is 0 Å². The number of carbonyl (C=O) groups excluding carboxylic acids is 2. The average molecular weight is 448 g/mol. The minimum atomic E-state index is -0.921. The molecule has 0 bridgehead atoms. The summed E-state index contributed by atoms with van der Waals surface area (Å²) in [6.45, 7) is 5.14. The Morgan fingerprint density at radius 3 is 1.87 bits per heavy atom. The van der Waals surface area contributed by atoms with Gasteiger partial charge in [0.05, 0.1) is 5.92 Å². The molecule has 0 aliphatic carbocycles. The molecule has 6 heteroatoms. The molecule has 0 fully saturated rings. The van der Waals surface area contributed by atoms with Gasteiger partial charge in [-0.15, -0.1) is 0 Å². The number of carbonyl (C=O) groups is 2. The lowest BCUT2D eigenvalue weighted by molar-refractivity contribution is -0.157. The molecular formula is C24H46ClNO4. The van der Waals surface area contributed by atoms with Crippen molar-refractivity contribution >= 4 is 23.5 Å². The van der Waals surface area contributed by atoms with E-state index >= 15 is 0 Å². The molecule has 1 atom stereocenters. The third-order valence-corrected chi connectivity index (χ3v) is 5.46. The minimum absolute atomic E-state index is 0.0760. The number of alkyl halides is 1. The molecule has 0 aromatic heterocycles. The van der Waals surface area contributed by atoms with Crippen LogP contribution in [0.15, 0.2) is 0 Å². The zero-order valence-electron chi connectivity index (χ0n) is 19.9. The zero-order chi connectivity index (χ0) is 22.6. The molecule has 0 aliphatic rings. The summed E-state index contributed by atoms with van der Waals surface area (Å²) in [5.74, 6) is -0.625. The largest absolute Gasteiger partial charge is 0.460 e. The van der Waals surface area contributed by atoms with E-state index in [1.807, 2.05) is 19.0 Å². The van der Waals surface area contributed by atoms with Crippen LogP contribution in [-0.2, 0) is 19.1 Å². The van der Waals surface area contributed by atoms with Crippen LogP contribution in [0.5, 0.6) is 0 Å². The Morgan fingerprint density at radius 2 is 1.37 bits per heavy atom. The summed E-state index contributed by atoms with van der Waals surface area (Å²) >= 11 is 6.06. The maximum atomic E-state index is 12.6. The van der Waals surface area contributed by atoms with Crippen molar-refractivity contribution in [2.24, 2.45) is 5.92 Å². The third-order valence-electron chi connectivity index (χ3n) is 5.25. The Morgan fingerprint density at radius 1 is 0.833 bits per heavy atom. The highest BCUT2D eigenvalue weighted by Crippen LogP contribution is 2.21. The van der Waals surface area contributed by atoms with Crippen LogP contribution in [0.2, 0.25) is 0 Å². The second-order valence-electron chi connectivity index (χ2n) is 8.54. The fraction of sp³-hybridized carbons (Fsp3) is 0.917. The van der Waals surface area contributed by atoms with Gasteiger partial charge in [-0.25, -0.2) is 0 Å². The SMILES string of the molecule is CCCCCCCC(CCCCCCC)C(=O)OCC(Cl)OC(=O)CCCN(C)C. The van der Waals surface area contributed by atoms with E-state index in [2.05, 4.69) is 13.8 Å². The smallest absolute Gasteiger partial charge is 0.309 e. The van der Waals surface area contributed by atoms with Gasteiger partial charge in [-0.05, 0) is 39.9 Å². The Hall–Kier alpha value is -0.810. The number of nitrogens with zero attached hydrogens (tertiary/aromatic N) is 1. The number of hydrogen-bond donors (Lipinski definition) is 0. The monoisotopic (exact) mass is 447 g/mol. The Labute approximate surface area is 190 Å². The van der Waals surface area contributed by atoms with Crippen LogP contribution in [0.25, 0.3) is 0 Å². The molecule has 0 aromatic rings. The van der Waals surface area contributed by atoms with Crippen LogP contribution >= 0.6 is 11.6 Å². The summed E-state index contributed by atoms with van der Waals surface area (Å²) < 4.78 is 10.6. The molecule has 0 spiro atoms. The molecule has 0 aromatic carbocycles. The first-order chi connectivity index (χ1) is 14.4. The summed E-state index contributed by atoms with van der Waals surface area (Å²) in [5.41, 5.74) is -0.921. The molecule has 0 rings (SSSR count). The van der Waals surface area contributed by atoms with Crippen LogP contribution in [0.3, 0.4) is 0 Å². The van der Waals surface area contributed by atoms with Crippen molar-refractivity contribution in [2.75, 3.05) is 27.2 Å². The van der Waals surface area contributed by atoms with E-state index in [1.165, 1.54) is 38.5 Å². The lowest BCUT2D eigenvalue weighted by Gasteiger charge is -2.18. The van der Waals surface area contributed by atoms with Crippen molar-refractivity contribution < 1.29 is 19.1 Å². The Balaban J connectivity index is 4.28. The van der Waals surface area contributed by atoms with E-state index in [9.17, 15) is 9.59 Å². The Bertz CT molecular complexity index is 417. The second kappa shape index (κ2) is 20.1. The van der Waals surface area contributed by atoms with Gasteiger partial charge in [-0.2, -0.15) is 0 Å². The fourth-order valence-corrected chi connectivity index (χ4v) is 3.57. The highest BCUT2D eigenvalue weighted by molar-refractivity contribution is 6.20. The van der Waals surface area contributed by atoms with Gasteiger partial charge >= 0.3 is 11.9 Å². The lowest BCUT2D eigenvalue weighted by Crippen LogP contribution is -2.25. The van der Waals surface area contributed by atoms with Crippen LogP contribution in [-0.4, -0.2) is 49.6 Å². The predicted molar refractivity (Wildman–Crippen MR) is 125 cm³/mol. The first-order valence-electron chi connectivity index (χ1n) is 12.1. The summed E-state index contributed by atoms with van der Waals surface area (Å²) in [6, 6.07) is 0. The molecule has 0 N–H and O–H groups in total. The lowest BCUT2D eigenvalue weighted by atomic mass is 9.94. The van der Waals surface area contributed by atoms with Crippen molar-refractivity contribution in [3.63, 3.8) is 0 Å². The fourth-order valence-electron chi connectivity index (χ4n) is 3.41. The number of hydrogen-bond acceptors (Lipinski definition) is 5. The van der Waals surface area contributed by atoms with Crippen LogP contribution < -0.4 is 0 Å². The maximum absolute atomic E-state index is 12.6. The Kier molecular flexibility index (Phi) is 19.6. The molecule has 30 heavy (non-hydrogen) atoms. The number of ether oxygens (including phenoxy) is 2. The molecule has 1 unspecified atom stereocenters. The number of unbranched alkanes of at least 4 members (excludes halogenated alkanes) is 8. The standard InChI is InChI=1S/C24H46ClNO4/c1-5-7-9-11-13-16-21(17-14-12-10-8-6-2)24(28)29-20-22(25)30-23(27)18-15-19-26(3)4/h21-22H,5-20H2,1-4H3. The van der Waals surface area contributed by atoms with Gasteiger partial charge in [-0.1, -0.05) is 89.7 Å². The first-order valence-corrected chi connectivity index (χ1v) is 12.5. The first kappa shape index (κ1) is 29.2. The average Bonchev–Trinajstić information content (AvgIpc) is 2.69. The second-order valence-corrected chi connectivity index (χ2v) is 9.03. The summed E-state index contributed by atoms with van der Waals surface area (Å²) in [4.78, 5) is 26.4. The van der Waals surface area contributed by atoms with Crippen molar-refractivity contribution in [3.05, 3.63) is 0 Å². The molecule has 0 radical (unpaired) electrons. The molecule has 0 amide bonds. The predicted octanol–water partition coefficient (Wildman–Crippen LogP) is 6.32. The minimum Gasteiger partial charge on any atom is -0.460 e. The van der Waals surface area contributed by atoms with E-state index in [4.69, 9.17) is 21.1 Å². The normalized spacial score (nSPS) is 12.4. The van der Waals surface area contributed by atoms with Crippen LogP contribution in [0.1, 0.15) is 104 Å². The van der Waals surface area contributed by atoms with Gasteiger partial charge in [0.1, 0.15) is 6.61 Å². The van der Waals surface area contributed by atoms with Crippen molar-refractivity contribution in [3.8, 4) is 0 Å². The van der Waals surface area contributed by atoms with Gasteiger partial charge in [0.25, 0.3) is 0 Å².